The van der Waals surface area contributed by atoms with Crippen LogP contribution in [0.3, 0.4) is 0 Å². The van der Waals surface area contributed by atoms with E-state index in [1.54, 1.807) is 0 Å². The monoisotopic (exact) mass is 288 g/mol. The molecular weight excluding hydrogens is 260 g/mol. The highest BCUT2D eigenvalue weighted by atomic mass is 16.7. The molecular formula is C15H28O5. The molecule has 5 nitrogen and oxygen atoms in total. The van der Waals surface area contributed by atoms with Crippen molar-refractivity contribution in [2.45, 2.75) is 77.3 Å². The first-order valence-corrected chi connectivity index (χ1v) is 7.72. The third kappa shape index (κ3) is 3.34. The van der Waals surface area contributed by atoms with Crippen LogP contribution in [-0.2, 0) is 14.2 Å². The third-order valence-electron chi connectivity index (χ3n) is 4.62. The van der Waals surface area contributed by atoms with Crippen LogP contribution in [0.25, 0.3) is 0 Å². The van der Waals surface area contributed by atoms with Crippen LogP contribution in [-0.4, -0.2) is 53.6 Å². The summed E-state index contributed by atoms with van der Waals surface area (Å²) in [5, 5.41) is 20.4. The first kappa shape index (κ1) is 16.2. The van der Waals surface area contributed by atoms with Gasteiger partial charge in [-0.1, -0.05) is 20.8 Å². The Balaban J connectivity index is 2.02. The zero-order valence-electron chi connectivity index (χ0n) is 12.9. The summed E-state index contributed by atoms with van der Waals surface area (Å²) in [6.07, 6.45) is -0.542. The zero-order chi connectivity index (χ0) is 14.9. The Morgan fingerprint density at radius 3 is 2.55 bits per heavy atom. The van der Waals surface area contributed by atoms with E-state index in [1.807, 2.05) is 27.7 Å². The highest BCUT2D eigenvalue weighted by molar-refractivity contribution is 4.86. The maximum Gasteiger partial charge on any atom is 0.163 e. The minimum Gasteiger partial charge on any atom is -0.393 e. The summed E-state index contributed by atoms with van der Waals surface area (Å²) in [5.41, 5.74) is 0. The van der Waals surface area contributed by atoms with Gasteiger partial charge in [0.2, 0.25) is 0 Å². The lowest BCUT2D eigenvalue weighted by Crippen LogP contribution is -2.54. The smallest absolute Gasteiger partial charge is 0.163 e. The van der Waals surface area contributed by atoms with Crippen molar-refractivity contribution in [3.05, 3.63) is 0 Å². The van der Waals surface area contributed by atoms with Crippen LogP contribution in [0.15, 0.2) is 0 Å². The fraction of sp³-hybridized carbons (Fsp3) is 1.00. The molecule has 0 radical (unpaired) electrons. The number of aliphatic hydroxyl groups excluding tert-OH is 2. The minimum absolute atomic E-state index is 0.0144. The lowest BCUT2D eigenvalue weighted by Gasteiger charge is -2.43. The van der Waals surface area contributed by atoms with Crippen LogP contribution in [0.5, 0.6) is 0 Å². The third-order valence-corrected chi connectivity index (χ3v) is 4.62. The first-order chi connectivity index (χ1) is 9.43. The van der Waals surface area contributed by atoms with Crippen molar-refractivity contribution in [3.8, 4) is 0 Å². The van der Waals surface area contributed by atoms with Crippen molar-refractivity contribution in [1.29, 1.82) is 0 Å². The summed E-state index contributed by atoms with van der Waals surface area (Å²) in [6.45, 7) is 8.35. The van der Waals surface area contributed by atoms with E-state index in [1.165, 1.54) is 0 Å². The maximum atomic E-state index is 10.3. The summed E-state index contributed by atoms with van der Waals surface area (Å²) in [7, 11) is 0. The van der Waals surface area contributed by atoms with Gasteiger partial charge in [-0.15, -0.1) is 0 Å². The second-order valence-corrected chi connectivity index (χ2v) is 6.30. The molecule has 2 fully saturated rings. The van der Waals surface area contributed by atoms with Crippen LogP contribution in [0.1, 0.15) is 40.5 Å². The van der Waals surface area contributed by atoms with Crippen molar-refractivity contribution < 1.29 is 24.4 Å². The first-order valence-electron chi connectivity index (χ1n) is 7.72. The van der Waals surface area contributed by atoms with Gasteiger partial charge < -0.3 is 24.4 Å². The Labute approximate surface area is 121 Å². The van der Waals surface area contributed by atoms with Crippen LogP contribution >= 0.6 is 0 Å². The Morgan fingerprint density at radius 1 is 1.20 bits per heavy atom. The predicted octanol–water partition coefficient (Wildman–Crippen LogP) is 1.31. The Hall–Kier alpha value is -0.200. The zero-order valence-corrected chi connectivity index (χ0v) is 12.9. The molecule has 20 heavy (non-hydrogen) atoms. The number of hydrogen-bond donors (Lipinski definition) is 2. The lowest BCUT2D eigenvalue weighted by molar-refractivity contribution is -0.296. The molecule has 0 aliphatic carbocycles. The molecule has 0 spiro atoms. The van der Waals surface area contributed by atoms with Gasteiger partial charge in [-0.05, 0) is 13.3 Å². The number of ether oxygens (including phenoxy) is 3. The molecule has 0 aromatic rings. The second kappa shape index (κ2) is 6.71. The quantitative estimate of drug-likeness (QED) is 0.819. The molecule has 0 aromatic carbocycles. The second-order valence-electron chi connectivity index (χ2n) is 6.30. The number of aliphatic hydroxyl groups is 2. The minimum atomic E-state index is -0.561. The van der Waals surface area contributed by atoms with Gasteiger partial charge in [-0.2, -0.15) is 0 Å². The van der Waals surface area contributed by atoms with Gasteiger partial charge in [0.25, 0.3) is 0 Å². The standard InChI is InChI=1S/C15H28O5/c1-5-11-6-12(16)9(3)15(19-11)20-14-10(4)18-7-8(2)13(14)17/h8-17H,5-7H2,1-4H3. The number of rotatable bonds is 3. The van der Waals surface area contributed by atoms with E-state index >= 15 is 0 Å². The van der Waals surface area contributed by atoms with Crippen molar-refractivity contribution in [1.82, 2.24) is 0 Å². The molecule has 0 amide bonds. The predicted molar refractivity (Wildman–Crippen MR) is 74.2 cm³/mol. The average Bonchev–Trinajstić information content (AvgIpc) is 2.43. The molecule has 2 saturated heterocycles. The molecule has 2 aliphatic rings. The summed E-state index contributed by atoms with van der Waals surface area (Å²) in [5.74, 6) is -0.0589. The Morgan fingerprint density at radius 2 is 1.90 bits per heavy atom. The summed E-state index contributed by atoms with van der Waals surface area (Å²) in [4.78, 5) is 0. The highest BCUT2D eigenvalue weighted by Crippen LogP contribution is 2.31. The van der Waals surface area contributed by atoms with E-state index in [4.69, 9.17) is 14.2 Å². The van der Waals surface area contributed by atoms with Crippen LogP contribution in [0.4, 0.5) is 0 Å². The fourth-order valence-electron chi connectivity index (χ4n) is 2.90. The van der Waals surface area contributed by atoms with E-state index in [2.05, 4.69) is 0 Å². The molecule has 118 valence electrons. The van der Waals surface area contributed by atoms with Crippen molar-refractivity contribution in [2.24, 2.45) is 11.8 Å². The Kier molecular flexibility index (Phi) is 5.42. The summed E-state index contributed by atoms with van der Waals surface area (Å²) in [6, 6.07) is 0. The normalized spacial score (nSPS) is 50.1. The van der Waals surface area contributed by atoms with Gasteiger partial charge in [0.15, 0.2) is 6.29 Å². The van der Waals surface area contributed by atoms with E-state index in [0.717, 1.165) is 6.42 Å². The summed E-state index contributed by atoms with van der Waals surface area (Å²) < 4.78 is 17.5. The molecule has 2 N–H and O–H groups in total. The lowest BCUT2D eigenvalue weighted by atomic mass is 9.92. The molecule has 8 unspecified atom stereocenters. The van der Waals surface area contributed by atoms with E-state index in [-0.39, 0.29) is 24.0 Å². The van der Waals surface area contributed by atoms with Crippen molar-refractivity contribution in [3.63, 3.8) is 0 Å². The Bertz CT molecular complexity index is 311. The molecule has 0 bridgehead atoms. The van der Waals surface area contributed by atoms with Gasteiger partial charge in [0.1, 0.15) is 6.10 Å². The van der Waals surface area contributed by atoms with E-state index < -0.39 is 24.6 Å². The van der Waals surface area contributed by atoms with Crippen LogP contribution < -0.4 is 0 Å². The van der Waals surface area contributed by atoms with Gasteiger partial charge in [0.05, 0.1) is 31.0 Å². The molecule has 0 saturated carbocycles. The molecule has 2 aliphatic heterocycles. The van der Waals surface area contributed by atoms with Gasteiger partial charge in [-0.25, -0.2) is 0 Å². The van der Waals surface area contributed by atoms with Gasteiger partial charge in [-0.3, -0.25) is 0 Å². The van der Waals surface area contributed by atoms with Crippen molar-refractivity contribution in [2.75, 3.05) is 6.61 Å². The number of hydrogen-bond acceptors (Lipinski definition) is 5. The van der Waals surface area contributed by atoms with E-state index in [9.17, 15) is 10.2 Å². The molecule has 2 heterocycles. The van der Waals surface area contributed by atoms with Crippen molar-refractivity contribution >= 4 is 0 Å². The molecule has 2 rings (SSSR count). The van der Waals surface area contributed by atoms with E-state index in [0.29, 0.717) is 13.0 Å². The molecule has 8 atom stereocenters. The largest absolute Gasteiger partial charge is 0.393 e. The van der Waals surface area contributed by atoms with Crippen LogP contribution in [0, 0.1) is 11.8 Å². The fourth-order valence-corrected chi connectivity index (χ4v) is 2.90. The van der Waals surface area contributed by atoms with Gasteiger partial charge >= 0.3 is 0 Å². The summed E-state index contributed by atoms with van der Waals surface area (Å²) >= 11 is 0. The molecule has 5 heteroatoms. The molecule has 0 aromatic heterocycles. The average molecular weight is 288 g/mol. The highest BCUT2D eigenvalue weighted by Gasteiger charge is 2.42. The topological polar surface area (TPSA) is 68.2 Å². The van der Waals surface area contributed by atoms with Crippen LogP contribution in [0.2, 0.25) is 0 Å². The van der Waals surface area contributed by atoms with Gasteiger partial charge in [0, 0.05) is 18.3 Å². The SMILES string of the molecule is CCC1CC(O)C(C)C(OC2C(C)OCC(C)C2O)O1. The maximum absolute atomic E-state index is 10.3.